The Hall–Kier alpha value is -2.21. The van der Waals surface area contributed by atoms with Crippen molar-refractivity contribution in [2.24, 2.45) is 5.92 Å². The van der Waals surface area contributed by atoms with Gasteiger partial charge in [0.05, 0.1) is 12.1 Å². The Morgan fingerprint density at radius 2 is 1.70 bits per heavy atom. The van der Waals surface area contributed by atoms with E-state index < -0.39 is 54.4 Å². The van der Waals surface area contributed by atoms with Crippen LogP contribution >= 0.6 is 0 Å². The minimum absolute atomic E-state index is 0.181. The van der Waals surface area contributed by atoms with E-state index in [1.807, 2.05) is 6.07 Å². The van der Waals surface area contributed by atoms with Crippen LogP contribution in [0.5, 0.6) is 0 Å². The molecule has 0 aliphatic heterocycles. The summed E-state index contributed by atoms with van der Waals surface area (Å²) < 4.78 is 70.2. The third kappa shape index (κ3) is 6.66. The highest BCUT2D eigenvalue weighted by Crippen LogP contribution is 2.37. The molecular weight excluding hydrogens is 405 g/mol. The van der Waals surface area contributed by atoms with Crippen molar-refractivity contribution < 1.29 is 26.7 Å². The number of hydrogen-bond donors (Lipinski definition) is 2. The lowest BCUT2D eigenvalue weighted by molar-refractivity contribution is -0.163. The fraction of sp³-hybridized carbons (Fsp3) is 0.619. The van der Waals surface area contributed by atoms with E-state index in [9.17, 15) is 26.7 Å². The van der Waals surface area contributed by atoms with Crippen molar-refractivity contribution in [3.63, 3.8) is 0 Å². The summed E-state index contributed by atoms with van der Waals surface area (Å²) in [5, 5.41) is 13.6. The SMILES string of the molecule is Cc1ccc([C@H](N[C@@H](CC(F)(F)CC(C)C)C(=O)NC2(C#N)CC2)C(F)(F)F)cc1. The van der Waals surface area contributed by atoms with Gasteiger partial charge in [0.2, 0.25) is 11.8 Å². The zero-order chi connectivity index (χ0) is 22.7. The van der Waals surface area contributed by atoms with E-state index in [-0.39, 0.29) is 5.56 Å². The van der Waals surface area contributed by atoms with E-state index in [0.717, 1.165) is 5.56 Å². The molecule has 0 radical (unpaired) electrons. The van der Waals surface area contributed by atoms with Crippen molar-refractivity contribution in [3.05, 3.63) is 35.4 Å². The minimum Gasteiger partial charge on any atom is -0.336 e. The summed E-state index contributed by atoms with van der Waals surface area (Å²) in [5.41, 5.74) is -0.622. The van der Waals surface area contributed by atoms with E-state index in [1.165, 1.54) is 24.3 Å². The van der Waals surface area contributed by atoms with Gasteiger partial charge in [0, 0.05) is 12.8 Å². The van der Waals surface area contributed by atoms with Gasteiger partial charge in [0.15, 0.2) is 0 Å². The number of amides is 1. The van der Waals surface area contributed by atoms with Crippen LogP contribution in [0.15, 0.2) is 24.3 Å². The Morgan fingerprint density at radius 1 is 1.13 bits per heavy atom. The van der Waals surface area contributed by atoms with Crippen LogP contribution in [-0.2, 0) is 4.79 Å². The summed E-state index contributed by atoms with van der Waals surface area (Å²) in [5.74, 6) is -4.79. The first kappa shape index (κ1) is 24.1. The zero-order valence-electron chi connectivity index (χ0n) is 17.1. The van der Waals surface area contributed by atoms with Gasteiger partial charge in [-0.05, 0) is 31.2 Å². The number of halogens is 5. The molecule has 0 unspecified atom stereocenters. The predicted octanol–water partition coefficient (Wildman–Crippen LogP) is 4.80. The second-order valence-corrected chi connectivity index (χ2v) is 8.45. The lowest BCUT2D eigenvalue weighted by Crippen LogP contribution is -2.53. The van der Waals surface area contributed by atoms with E-state index in [0.29, 0.717) is 12.8 Å². The topological polar surface area (TPSA) is 64.9 Å². The first-order valence-electron chi connectivity index (χ1n) is 9.77. The van der Waals surface area contributed by atoms with Crippen molar-refractivity contribution in [2.75, 3.05) is 0 Å². The normalized spacial score (nSPS) is 17.9. The maximum atomic E-state index is 14.5. The fourth-order valence-electron chi connectivity index (χ4n) is 3.26. The predicted molar refractivity (Wildman–Crippen MR) is 102 cm³/mol. The molecule has 2 N–H and O–H groups in total. The first-order chi connectivity index (χ1) is 13.8. The number of carbonyl (C=O) groups is 1. The minimum atomic E-state index is -4.81. The number of nitriles is 1. The number of alkyl halides is 5. The Morgan fingerprint density at radius 3 is 2.13 bits per heavy atom. The number of nitrogens with zero attached hydrogens (tertiary/aromatic N) is 1. The molecule has 4 nitrogen and oxygen atoms in total. The average Bonchev–Trinajstić information content (AvgIpc) is 3.37. The molecule has 2 atom stereocenters. The van der Waals surface area contributed by atoms with Crippen LogP contribution in [0.25, 0.3) is 0 Å². The van der Waals surface area contributed by atoms with Crippen molar-refractivity contribution in [3.8, 4) is 6.07 Å². The molecule has 0 saturated heterocycles. The number of rotatable bonds is 9. The smallest absolute Gasteiger partial charge is 0.336 e. The number of benzene rings is 1. The van der Waals surface area contributed by atoms with Crippen molar-refractivity contribution in [1.82, 2.24) is 10.6 Å². The molecule has 1 saturated carbocycles. The van der Waals surface area contributed by atoms with Gasteiger partial charge in [-0.1, -0.05) is 43.7 Å². The maximum absolute atomic E-state index is 14.5. The Bertz CT molecular complexity index is 779. The Labute approximate surface area is 172 Å². The molecule has 0 spiro atoms. The van der Waals surface area contributed by atoms with Gasteiger partial charge >= 0.3 is 6.18 Å². The van der Waals surface area contributed by atoms with Gasteiger partial charge in [-0.3, -0.25) is 10.1 Å². The van der Waals surface area contributed by atoms with E-state index in [1.54, 1.807) is 20.8 Å². The molecule has 30 heavy (non-hydrogen) atoms. The molecule has 1 aliphatic rings. The molecule has 2 rings (SSSR count). The Balaban J connectivity index is 2.31. The van der Waals surface area contributed by atoms with Gasteiger partial charge in [0.25, 0.3) is 0 Å². The molecule has 9 heteroatoms. The lowest BCUT2D eigenvalue weighted by atomic mass is 9.96. The number of aryl methyl sites for hydroxylation is 1. The molecule has 1 aromatic rings. The molecule has 1 aromatic carbocycles. The highest BCUT2D eigenvalue weighted by molar-refractivity contribution is 5.83. The molecule has 0 bridgehead atoms. The van der Waals surface area contributed by atoms with E-state index in [4.69, 9.17) is 5.26 Å². The van der Waals surface area contributed by atoms with Crippen LogP contribution in [0.2, 0.25) is 0 Å². The number of carbonyl (C=O) groups excluding carboxylic acids is 1. The third-order valence-corrected chi connectivity index (χ3v) is 4.96. The lowest BCUT2D eigenvalue weighted by Gasteiger charge is -2.30. The standard InChI is InChI=1S/C21H26F5N3O/c1-13(2)10-20(22,23)11-16(18(30)29-19(12-27)8-9-19)28-17(21(24,25)26)15-6-4-14(3)5-7-15/h4-7,13,16-17,28H,8-11H2,1-3H3,(H,29,30)/t16-,17-/m0/s1. The molecule has 1 aliphatic carbocycles. The van der Waals surface area contributed by atoms with Crippen LogP contribution in [0.1, 0.15) is 56.7 Å². The molecule has 0 aromatic heterocycles. The summed E-state index contributed by atoms with van der Waals surface area (Å²) in [7, 11) is 0. The fourth-order valence-corrected chi connectivity index (χ4v) is 3.26. The molecule has 1 fully saturated rings. The second-order valence-electron chi connectivity index (χ2n) is 8.45. The Kier molecular flexibility index (Phi) is 7.12. The third-order valence-electron chi connectivity index (χ3n) is 4.96. The quantitative estimate of drug-likeness (QED) is 0.552. The largest absolute Gasteiger partial charge is 0.407 e. The van der Waals surface area contributed by atoms with Crippen molar-refractivity contribution in [2.45, 2.75) is 76.2 Å². The number of hydrogen-bond acceptors (Lipinski definition) is 3. The second kappa shape index (κ2) is 8.88. The molecular formula is C21H26F5N3O. The average molecular weight is 431 g/mol. The van der Waals surface area contributed by atoms with Gasteiger partial charge in [-0.25, -0.2) is 8.78 Å². The van der Waals surface area contributed by atoms with Crippen molar-refractivity contribution in [1.29, 1.82) is 5.26 Å². The monoisotopic (exact) mass is 431 g/mol. The molecule has 1 amide bonds. The van der Waals surface area contributed by atoms with Crippen LogP contribution in [0.3, 0.4) is 0 Å². The van der Waals surface area contributed by atoms with E-state index in [2.05, 4.69) is 10.6 Å². The highest BCUT2D eigenvalue weighted by Gasteiger charge is 2.49. The summed E-state index contributed by atoms with van der Waals surface area (Å²) in [6.07, 6.45) is -5.80. The summed E-state index contributed by atoms with van der Waals surface area (Å²) in [6, 6.07) is 3.22. The highest BCUT2D eigenvalue weighted by atomic mass is 19.4. The van der Waals surface area contributed by atoms with Gasteiger partial charge in [-0.2, -0.15) is 18.4 Å². The summed E-state index contributed by atoms with van der Waals surface area (Å²) in [4.78, 5) is 12.6. The van der Waals surface area contributed by atoms with Crippen LogP contribution in [-0.4, -0.2) is 29.6 Å². The maximum Gasteiger partial charge on any atom is 0.407 e. The van der Waals surface area contributed by atoms with Gasteiger partial charge < -0.3 is 5.32 Å². The number of nitrogens with one attached hydrogen (secondary N) is 2. The zero-order valence-corrected chi connectivity index (χ0v) is 17.1. The first-order valence-corrected chi connectivity index (χ1v) is 9.77. The van der Waals surface area contributed by atoms with Crippen LogP contribution < -0.4 is 10.6 Å². The van der Waals surface area contributed by atoms with Crippen molar-refractivity contribution >= 4 is 5.91 Å². The van der Waals surface area contributed by atoms with Crippen LogP contribution in [0.4, 0.5) is 22.0 Å². The van der Waals surface area contributed by atoms with Gasteiger partial charge in [0.1, 0.15) is 11.6 Å². The van der Waals surface area contributed by atoms with E-state index >= 15 is 0 Å². The summed E-state index contributed by atoms with van der Waals surface area (Å²) in [6.45, 7) is 4.84. The van der Waals surface area contributed by atoms with Gasteiger partial charge in [-0.15, -0.1) is 0 Å². The van der Waals surface area contributed by atoms with Crippen LogP contribution in [0, 0.1) is 24.2 Å². The molecule has 166 valence electrons. The molecule has 0 heterocycles. The summed E-state index contributed by atoms with van der Waals surface area (Å²) >= 11 is 0.